The lowest BCUT2D eigenvalue weighted by molar-refractivity contribution is -0.125. The van der Waals surface area contributed by atoms with Crippen molar-refractivity contribution in [3.05, 3.63) is 0 Å². The first kappa shape index (κ1) is 10.9. The van der Waals surface area contributed by atoms with E-state index in [0.717, 1.165) is 31.0 Å². The summed E-state index contributed by atoms with van der Waals surface area (Å²) >= 11 is 3.40. The van der Waals surface area contributed by atoms with Gasteiger partial charge in [0.2, 0.25) is 0 Å². The largest absolute Gasteiger partial charge is 0.389 e. The van der Waals surface area contributed by atoms with Crippen LogP contribution in [-0.4, -0.2) is 26.7 Å². The highest BCUT2D eigenvalue weighted by Gasteiger charge is 2.69. The van der Waals surface area contributed by atoms with Gasteiger partial charge in [-0.3, -0.25) is 0 Å². The Hall–Kier alpha value is 0.400. The fraction of sp³-hybridized carbons (Fsp3) is 1.00. The first-order valence-corrected chi connectivity index (χ1v) is 6.50. The third-order valence-electron chi connectivity index (χ3n) is 4.93. The number of alkyl halides is 1. The summed E-state index contributed by atoms with van der Waals surface area (Å²) in [6.07, 6.45) is 3.53. The highest BCUT2D eigenvalue weighted by molar-refractivity contribution is 9.09. The normalized spacial score (nSPS) is 56.8. The molecule has 2 fully saturated rings. The zero-order valence-corrected chi connectivity index (χ0v) is 10.5. The Bertz CT molecular complexity index is 254. The van der Waals surface area contributed by atoms with E-state index in [-0.39, 0.29) is 5.41 Å². The fourth-order valence-electron chi connectivity index (χ4n) is 3.70. The molecule has 2 rings (SSSR count). The summed E-state index contributed by atoms with van der Waals surface area (Å²) in [5.41, 5.74) is -1.65. The van der Waals surface area contributed by atoms with E-state index in [2.05, 4.69) is 15.9 Å². The molecule has 0 unspecified atom stereocenters. The molecule has 2 saturated carbocycles. The van der Waals surface area contributed by atoms with Crippen LogP contribution in [0.25, 0.3) is 0 Å². The van der Waals surface area contributed by atoms with Crippen LogP contribution in [0.5, 0.6) is 0 Å². The van der Waals surface area contributed by atoms with Crippen LogP contribution in [0.4, 0.5) is 0 Å². The van der Waals surface area contributed by atoms with Crippen LogP contribution >= 0.6 is 15.9 Å². The van der Waals surface area contributed by atoms with E-state index >= 15 is 0 Å². The van der Waals surface area contributed by atoms with E-state index < -0.39 is 11.2 Å². The number of hydrogen-bond donors (Lipinski definition) is 2. The zero-order valence-electron chi connectivity index (χ0n) is 8.89. The van der Waals surface area contributed by atoms with Gasteiger partial charge in [-0.25, -0.2) is 0 Å². The molecule has 82 valence electrons. The summed E-state index contributed by atoms with van der Waals surface area (Å²) in [5, 5.41) is 21.8. The number of halogens is 1. The highest BCUT2D eigenvalue weighted by atomic mass is 79.9. The first-order chi connectivity index (χ1) is 6.37. The predicted octanol–water partition coefficient (Wildman–Crippen LogP) is 2.07. The van der Waals surface area contributed by atoms with E-state index in [1.807, 2.05) is 13.8 Å². The number of hydrogen-bond acceptors (Lipinski definition) is 2. The molecular weight excluding hydrogens is 244 g/mol. The molecule has 0 saturated heterocycles. The molecule has 0 aliphatic heterocycles. The molecule has 4 atom stereocenters. The molecule has 3 heteroatoms. The Balaban J connectivity index is 2.37. The monoisotopic (exact) mass is 262 g/mol. The van der Waals surface area contributed by atoms with Gasteiger partial charge in [0.1, 0.15) is 0 Å². The van der Waals surface area contributed by atoms with Crippen molar-refractivity contribution in [2.45, 2.75) is 50.7 Å². The second-order valence-electron chi connectivity index (χ2n) is 5.41. The van der Waals surface area contributed by atoms with Crippen molar-refractivity contribution in [3.63, 3.8) is 0 Å². The smallest absolute Gasteiger partial charge is 0.0765 e. The predicted molar refractivity (Wildman–Crippen MR) is 59.4 cm³/mol. The standard InChI is InChI=1S/C11H19BrO2/c1-9-4-3-8(7-10(9,2)13)11(9,14)5-6-12/h8,13-14H,3-7H2,1-2H3/t8-,9+,10-,11+/m1/s1. The van der Waals surface area contributed by atoms with Crippen molar-refractivity contribution in [3.8, 4) is 0 Å². The van der Waals surface area contributed by atoms with E-state index in [4.69, 9.17) is 0 Å². The Kier molecular flexibility index (Phi) is 2.30. The van der Waals surface area contributed by atoms with Gasteiger partial charge in [-0.05, 0) is 38.5 Å². The SMILES string of the molecule is C[C@]12CC[C@H](C[C@@]1(C)O)[C@@]2(O)CCBr. The highest BCUT2D eigenvalue weighted by Crippen LogP contribution is 2.66. The molecule has 0 spiro atoms. The van der Waals surface area contributed by atoms with Gasteiger partial charge >= 0.3 is 0 Å². The summed E-state index contributed by atoms with van der Waals surface area (Å²) in [6, 6.07) is 0. The lowest BCUT2D eigenvalue weighted by Crippen LogP contribution is -2.50. The molecule has 2 nitrogen and oxygen atoms in total. The lowest BCUT2D eigenvalue weighted by atomic mass is 9.68. The molecule has 2 bridgehead atoms. The Morgan fingerprint density at radius 1 is 1.36 bits per heavy atom. The van der Waals surface area contributed by atoms with Crippen molar-refractivity contribution in [2.75, 3.05) is 5.33 Å². The quantitative estimate of drug-likeness (QED) is 0.749. The number of aliphatic hydroxyl groups is 2. The summed E-state index contributed by atoms with van der Waals surface area (Å²) in [5.74, 6) is 0.292. The van der Waals surface area contributed by atoms with Gasteiger partial charge in [-0.1, -0.05) is 22.9 Å². The topological polar surface area (TPSA) is 40.5 Å². The molecule has 0 amide bonds. The van der Waals surface area contributed by atoms with Crippen molar-refractivity contribution in [1.82, 2.24) is 0 Å². The van der Waals surface area contributed by atoms with Gasteiger partial charge in [0, 0.05) is 10.7 Å². The summed E-state index contributed by atoms with van der Waals surface area (Å²) in [6.45, 7) is 3.92. The second kappa shape index (κ2) is 2.96. The van der Waals surface area contributed by atoms with Crippen LogP contribution in [0.3, 0.4) is 0 Å². The minimum atomic E-state index is -0.688. The molecule has 0 heterocycles. The third kappa shape index (κ3) is 1.04. The van der Waals surface area contributed by atoms with Gasteiger partial charge in [-0.15, -0.1) is 0 Å². The molecule has 0 radical (unpaired) electrons. The minimum Gasteiger partial charge on any atom is -0.389 e. The van der Waals surface area contributed by atoms with E-state index in [1.165, 1.54) is 0 Å². The van der Waals surface area contributed by atoms with Gasteiger partial charge in [-0.2, -0.15) is 0 Å². The molecule has 2 aliphatic carbocycles. The molecule has 2 aliphatic rings. The molecule has 2 N–H and O–H groups in total. The van der Waals surface area contributed by atoms with Crippen LogP contribution in [0.2, 0.25) is 0 Å². The first-order valence-electron chi connectivity index (χ1n) is 5.38. The van der Waals surface area contributed by atoms with Crippen molar-refractivity contribution in [2.24, 2.45) is 11.3 Å². The molecule has 14 heavy (non-hydrogen) atoms. The average molecular weight is 263 g/mol. The van der Waals surface area contributed by atoms with Crippen LogP contribution in [0.1, 0.15) is 39.5 Å². The van der Waals surface area contributed by atoms with Crippen LogP contribution in [0, 0.1) is 11.3 Å². The van der Waals surface area contributed by atoms with E-state index in [1.54, 1.807) is 0 Å². The van der Waals surface area contributed by atoms with E-state index in [0.29, 0.717) is 5.92 Å². The van der Waals surface area contributed by atoms with Crippen LogP contribution in [-0.2, 0) is 0 Å². The summed E-state index contributed by atoms with van der Waals surface area (Å²) in [7, 11) is 0. The van der Waals surface area contributed by atoms with Gasteiger partial charge in [0.25, 0.3) is 0 Å². The Morgan fingerprint density at radius 2 is 2.00 bits per heavy atom. The van der Waals surface area contributed by atoms with Gasteiger partial charge in [0.15, 0.2) is 0 Å². The van der Waals surface area contributed by atoms with Gasteiger partial charge < -0.3 is 10.2 Å². The van der Waals surface area contributed by atoms with E-state index in [9.17, 15) is 10.2 Å². The molecule has 0 aromatic rings. The Morgan fingerprint density at radius 3 is 2.36 bits per heavy atom. The number of rotatable bonds is 2. The molecule has 0 aromatic carbocycles. The van der Waals surface area contributed by atoms with Gasteiger partial charge in [0.05, 0.1) is 11.2 Å². The van der Waals surface area contributed by atoms with Crippen LogP contribution in [0.15, 0.2) is 0 Å². The van der Waals surface area contributed by atoms with Crippen LogP contribution < -0.4 is 0 Å². The maximum atomic E-state index is 10.7. The zero-order chi connectivity index (χ0) is 10.6. The maximum Gasteiger partial charge on any atom is 0.0765 e. The fourth-order valence-corrected chi connectivity index (χ4v) is 4.31. The third-order valence-corrected chi connectivity index (χ3v) is 5.33. The second-order valence-corrected chi connectivity index (χ2v) is 6.20. The molecular formula is C11H19BrO2. The Labute approximate surface area is 93.8 Å². The maximum absolute atomic E-state index is 10.7. The molecule has 0 aromatic heterocycles. The number of fused-ring (bicyclic) bond motifs is 2. The summed E-state index contributed by atoms with van der Waals surface area (Å²) in [4.78, 5) is 0. The minimum absolute atomic E-state index is 0.292. The lowest BCUT2D eigenvalue weighted by Gasteiger charge is -2.43. The van der Waals surface area contributed by atoms with Crippen molar-refractivity contribution >= 4 is 15.9 Å². The van der Waals surface area contributed by atoms with Crippen molar-refractivity contribution in [1.29, 1.82) is 0 Å². The summed E-state index contributed by atoms with van der Waals surface area (Å²) < 4.78 is 0. The van der Waals surface area contributed by atoms with Crippen molar-refractivity contribution < 1.29 is 10.2 Å². The average Bonchev–Trinajstić information content (AvgIpc) is 2.37.